The highest BCUT2D eigenvalue weighted by Crippen LogP contribution is 2.31. The predicted octanol–water partition coefficient (Wildman–Crippen LogP) is 1.16. The molecule has 3 heterocycles. The maximum atomic E-state index is 12.7. The van der Waals surface area contributed by atoms with Crippen molar-refractivity contribution in [1.82, 2.24) is 34.5 Å². The van der Waals surface area contributed by atoms with E-state index in [-0.39, 0.29) is 5.16 Å². The molecular formula is C10H9F3N8S. The lowest BCUT2D eigenvalue weighted by Gasteiger charge is -2.07. The van der Waals surface area contributed by atoms with E-state index >= 15 is 0 Å². The van der Waals surface area contributed by atoms with Crippen molar-refractivity contribution in [1.29, 1.82) is 0 Å². The zero-order valence-corrected chi connectivity index (χ0v) is 11.9. The Bertz CT molecular complexity index is 823. The van der Waals surface area contributed by atoms with E-state index in [2.05, 4.69) is 25.3 Å². The van der Waals surface area contributed by atoms with Crippen molar-refractivity contribution < 1.29 is 13.2 Å². The van der Waals surface area contributed by atoms with Crippen LogP contribution in [0.3, 0.4) is 0 Å². The van der Waals surface area contributed by atoms with Crippen molar-refractivity contribution in [3.63, 3.8) is 0 Å². The molecule has 0 aliphatic heterocycles. The predicted molar refractivity (Wildman–Crippen MR) is 69.5 cm³/mol. The van der Waals surface area contributed by atoms with Crippen LogP contribution in [0, 0.1) is 0 Å². The highest BCUT2D eigenvalue weighted by Gasteiger charge is 2.38. The number of aromatic nitrogens is 7. The summed E-state index contributed by atoms with van der Waals surface area (Å²) in [5.74, 6) is 4.50. The van der Waals surface area contributed by atoms with E-state index in [1.54, 1.807) is 6.07 Å². The third-order valence-electron chi connectivity index (χ3n) is 2.75. The van der Waals surface area contributed by atoms with Gasteiger partial charge in [0.2, 0.25) is 5.16 Å². The van der Waals surface area contributed by atoms with Gasteiger partial charge in [-0.05, 0) is 24.2 Å². The minimum atomic E-state index is -4.67. The van der Waals surface area contributed by atoms with Gasteiger partial charge in [0, 0.05) is 5.69 Å². The van der Waals surface area contributed by atoms with E-state index in [1.165, 1.54) is 10.8 Å². The molecule has 12 heteroatoms. The summed E-state index contributed by atoms with van der Waals surface area (Å²) in [6, 6.07) is 1.69. The van der Waals surface area contributed by atoms with Crippen molar-refractivity contribution in [3.05, 3.63) is 23.9 Å². The van der Waals surface area contributed by atoms with Gasteiger partial charge in [-0.25, -0.2) is 9.66 Å². The highest BCUT2D eigenvalue weighted by molar-refractivity contribution is 7.99. The molecule has 0 fully saturated rings. The monoisotopic (exact) mass is 330 g/mol. The Balaban J connectivity index is 2.03. The number of hydrogen-bond acceptors (Lipinski definition) is 7. The molecule has 116 valence electrons. The van der Waals surface area contributed by atoms with Gasteiger partial charge in [-0.15, -0.1) is 10.2 Å². The molecule has 0 aromatic carbocycles. The van der Waals surface area contributed by atoms with Crippen LogP contribution in [0.2, 0.25) is 0 Å². The van der Waals surface area contributed by atoms with Crippen LogP contribution in [0.25, 0.3) is 5.78 Å². The van der Waals surface area contributed by atoms with Gasteiger partial charge in [0.1, 0.15) is 11.4 Å². The van der Waals surface area contributed by atoms with Gasteiger partial charge in [0.25, 0.3) is 11.6 Å². The van der Waals surface area contributed by atoms with E-state index in [9.17, 15) is 13.2 Å². The molecule has 0 spiro atoms. The van der Waals surface area contributed by atoms with Crippen molar-refractivity contribution in [2.75, 3.05) is 5.84 Å². The van der Waals surface area contributed by atoms with Crippen molar-refractivity contribution in [3.8, 4) is 0 Å². The van der Waals surface area contributed by atoms with Gasteiger partial charge in [-0.3, -0.25) is 0 Å². The second-order valence-electron chi connectivity index (χ2n) is 4.19. The highest BCUT2D eigenvalue weighted by atomic mass is 32.2. The minimum Gasteiger partial charge on any atom is -0.335 e. The Morgan fingerprint density at radius 1 is 1.32 bits per heavy atom. The van der Waals surface area contributed by atoms with Crippen LogP contribution in [0.1, 0.15) is 18.4 Å². The second-order valence-corrected chi connectivity index (χ2v) is 5.17. The van der Waals surface area contributed by atoms with E-state index in [0.717, 1.165) is 17.5 Å². The number of rotatable bonds is 3. The van der Waals surface area contributed by atoms with Crippen LogP contribution in [-0.4, -0.2) is 34.5 Å². The summed E-state index contributed by atoms with van der Waals surface area (Å²) in [4.78, 5) is 8.21. The maximum Gasteiger partial charge on any atom is 0.453 e. The molecule has 3 rings (SSSR count). The van der Waals surface area contributed by atoms with Gasteiger partial charge < -0.3 is 5.84 Å². The normalized spacial score (nSPS) is 12.2. The summed E-state index contributed by atoms with van der Waals surface area (Å²) >= 11 is 0.900. The number of fused-ring (bicyclic) bond motifs is 1. The van der Waals surface area contributed by atoms with Gasteiger partial charge in [-0.1, -0.05) is 6.92 Å². The second kappa shape index (κ2) is 5.12. The standard InChI is InChI=1S/C10H9F3N8S/c1-2-5-3-6(21-8(17-5)15-4-16-21)22-9-19-18-7(20(9)14)10(11,12)13/h3-4H,2,14H2,1H3. The van der Waals surface area contributed by atoms with Crippen molar-refractivity contribution in [2.45, 2.75) is 29.7 Å². The topological polar surface area (TPSA) is 99.8 Å². The summed E-state index contributed by atoms with van der Waals surface area (Å²) in [5.41, 5.74) is 0.724. The van der Waals surface area contributed by atoms with E-state index in [1.807, 2.05) is 6.92 Å². The molecule has 8 nitrogen and oxygen atoms in total. The lowest BCUT2D eigenvalue weighted by atomic mass is 10.3. The van der Waals surface area contributed by atoms with Gasteiger partial charge in [0.05, 0.1) is 0 Å². The number of hydrogen-bond donors (Lipinski definition) is 1. The molecule has 0 bridgehead atoms. The Hall–Kier alpha value is -2.37. The van der Waals surface area contributed by atoms with Gasteiger partial charge in [0.15, 0.2) is 0 Å². The van der Waals surface area contributed by atoms with Crippen LogP contribution in [0.15, 0.2) is 22.6 Å². The fourth-order valence-electron chi connectivity index (χ4n) is 1.72. The van der Waals surface area contributed by atoms with E-state index in [4.69, 9.17) is 5.84 Å². The summed E-state index contributed by atoms with van der Waals surface area (Å²) in [6.45, 7) is 1.90. The lowest BCUT2D eigenvalue weighted by Crippen LogP contribution is -2.21. The summed E-state index contributed by atoms with van der Waals surface area (Å²) in [6.07, 6.45) is -2.73. The summed E-state index contributed by atoms with van der Waals surface area (Å²) in [7, 11) is 0. The fourth-order valence-corrected chi connectivity index (χ4v) is 2.58. The van der Waals surface area contributed by atoms with Gasteiger partial charge >= 0.3 is 6.18 Å². The molecule has 0 amide bonds. The van der Waals surface area contributed by atoms with Gasteiger partial charge in [-0.2, -0.15) is 27.8 Å². The lowest BCUT2D eigenvalue weighted by molar-refractivity contribution is -0.146. The van der Waals surface area contributed by atoms with Crippen LogP contribution < -0.4 is 5.84 Å². The molecule has 0 aliphatic carbocycles. The smallest absolute Gasteiger partial charge is 0.335 e. The Morgan fingerprint density at radius 3 is 2.73 bits per heavy atom. The van der Waals surface area contributed by atoms with Crippen LogP contribution in [0.4, 0.5) is 13.2 Å². The first kappa shape index (κ1) is 14.6. The summed E-state index contributed by atoms with van der Waals surface area (Å²) < 4.78 is 39.8. The number of nitrogen functional groups attached to an aromatic ring is 1. The molecule has 0 saturated carbocycles. The Morgan fingerprint density at radius 2 is 2.09 bits per heavy atom. The maximum absolute atomic E-state index is 12.7. The molecule has 0 atom stereocenters. The first-order chi connectivity index (χ1) is 10.4. The fraction of sp³-hybridized carbons (Fsp3) is 0.300. The SMILES string of the molecule is CCc1cc(Sc2nnc(C(F)(F)F)n2N)n2ncnc2n1. The van der Waals surface area contributed by atoms with Crippen LogP contribution in [0.5, 0.6) is 0 Å². The number of aryl methyl sites for hydroxylation is 1. The first-order valence-corrected chi connectivity index (χ1v) is 6.87. The minimum absolute atomic E-state index is 0.114. The molecule has 3 aromatic heterocycles. The molecule has 22 heavy (non-hydrogen) atoms. The molecule has 0 radical (unpaired) electrons. The van der Waals surface area contributed by atoms with Crippen LogP contribution >= 0.6 is 11.8 Å². The van der Waals surface area contributed by atoms with E-state index in [0.29, 0.717) is 21.9 Å². The number of nitrogens with zero attached hydrogens (tertiary/aromatic N) is 7. The number of nitrogens with two attached hydrogens (primary N) is 1. The molecule has 3 aromatic rings. The molecule has 0 unspecified atom stereocenters. The first-order valence-electron chi connectivity index (χ1n) is 6.05. The molecule has 2 N–H and O–H groups in total. The van der Waals surface area contributed by atoms with E-state index < -0.39 is 12.0 Å². The zero-order valence-electron chi connectivity index (χ0n) is 11.1. The molecule has 0 aliphatic rings. The zero-order chi connectivity index (χ0) is 15.9. The third kappa shape index (κ3) is 2.45. The number of alkyl halides is 3. The Kier molecular flexibility index (Phi) is 3.39. The van der Waals surface area contributed by atoms with Crippen LogP contribution in [-0.2, 0) is 12.6 Å². The van der Waals surface area contributed by atoms with Crippen molar-refractivity contribution >= 4 is 17.5 Å². The largest absolute Gasteiger partial charge is 0.453 e. The number of halogens is 3. The third-order valence-corrected chi connectivity index (χ3v) is 3.71. The molecular weight excluding hydrogens is 321 g/mol. The average molecular weight is 330 g/mol. The average Bonchev–Trinajstić information content (AvgIpc) is 3.05. The summed E-state index contributed by atoms with van der Waals surface area (Å²) in [5, 5.41) is 10.9. The van der Waals surface area contributed by atoms with Crippen molar-refractivity contribution in [2.24, 2.45) is 0 Å². The quantitative estimate of drug-likeness (QED) is 0.568. The molecule has 0 saturated heterocycles. The Labute approximate surface area is 125 Å².